The highest BCUT2D eigenvalue weighted by Crippen LogP contribution is 2.15. The van der Waals surface area contributed by atoms with Gasteiger partial charge in [-0.05, 0) is 33.0 Å². The number of piperidine rings is 1. The molecule has 0 bridgehead atoms. The van der Waals surface area contributed by atoms with Crippen LogP contribution in [0, 0.1) is 11.8 Å². The average Bonchev–Trinajstić information content (AvgIpc) is 2.39. The zero-order chi connectivity index (χ0) is 13.8. The zero-order valence-corrected chi connectivity index (χ0v) is 12.5. The van der Waals surface area contributed by atoms with Gasteiger partial charge in [0.05, 0.1) is 5.92 Å². The first kappa shape index (κ1) is 14.8. The minimum Gasteiger partial charge on any atom is -0.354 e. The Labute approximate surface area is 116 Å². The normalized spacial score (nSPS) is 34.2. The Morgan fingerprint density at radius 1 is 1.32 bits per heavy atom. The number of nitrogens with zero attached hydrogens (tertiary/aromatic N) is 2. The molecule has 2 aliphatic rings. The van der Waals surface area contributed by atoms with Crippen molar-refractivity contribution in [1.82, 2.24) is 20.4 Å². The first-order valence-electron chi connectivity index (χ1n) is 7.43. The number of carbonyl (C=O) groups excluding carboxylic acids is 1. The van der Waals surface area contributed by atoms with Gasteiger partial charge in [0.25, 0.3) is 0 Å². The maximum absolute atomic E-state index is 12.2. The predicted octanol–water partition coefficient (Wildman–Crippen LogP) is -0.406. The van der Waals surface area contributed by atoms with Crippen molar-refractivity contribution in [3.05, 3.63) is 0 Å². The smallest absolute Gasteiger partial charge is 0.224 e. The van der Waals surface area contributed by atoms with Crippen molar-refractivity contribution in [2.24, 2.45) is 11.8 Å². The Morgan fingerprint density at radius 2 is 2.11 bits per heavy atom. The molecule has 2 heterocycles. The lowest BCUT2D eigenvalue weighted by Gasteiger charge is -2.38. The highest BCUT2D eigenvalue weighted by Gasteiger charge is 2.27. The van der Waals surface area contributed by atoms with Gasteiger partial charge in [-0.1, -0.05) is 6.92 Å². The van der Waals surface area contributed by atoms with Gasteiger partial charge in [-0.15, -0.1) is 0 Å². The monoisotopic (exact) mass is 268 g/mol. The molecule has 0 aromatic carbocycles. The molecule has 19 heavy (non-hydrogen) atoms. The lowest BCUT2D eigenvalue weighted by atomic mass is 9.91. The van der Waals surface area contributed by atoms with Crippen molar-refractivity contribution in [3.63, 3.8) is 0 Å². The number of hydrogen-bond donors (Lipinski definition) is 2. The molecule has 1 amide bonds. The van der Waals surface area contributed by atoms with Crippen LogP contribution < -0.4 is 10.6 Å². The highest BCUT2D eigenvalue weighted by molar-refractivity contribution is 5.79. The van der Waals surface area contributed by atoms with Crippen LogP contribution in [-0.2, 0) is 4.79 Å². The second-order valence-electron chi connectivity index (χ2n) is 6.34. The van der Waals surface area contributed by atoms with Crippen LogP contribution in [0.1, 0.15) is 13.3 Å². The van der Waals surface area contributed by atoms with Gasteiger partial charge in [0.2, 0.25) is 5.91 Å². The Bertz CT molecular complexity index is 310. The first-order valence-corrected chi connectivity index (χ1v) is 7.43. The molecule has 2 fully saturated rings. The summed E-state index contributed by atoms with van der Waals surface area (Å²) >= 11 is 0. The van der Waals surface area contributed by atoms with E-state index in [-0.39, 0.29) is 11.8 Å². The summed E-state index contributed by atoms with van der Waals surface area (Å²) in [6.45, 7) is 8.08. The van der Waals surface area contributed by atoms with Crippen LogP contribution >= 0.6 is 0 Å². The van der Waals surface area contributed by atoms with E-state index in [1.54, 1.807) is 0 Å². The fraction of sp³-hybridized carbons (Fsp3) is 0.929. The lowest BCUT2D eigenvalue weighted by molar-refractivity contribution is -0.126. The molecule has 2 N–H and O–H groups in total. The predicted molar refractivity (Wildman–Crippen MR) is 77.1 cm³/mol. The summed E-state index contributed by atoms with van der Waals surface area (Å²) in [5.41, 5.74) is 0. The summed E-state index contributed by atoms with van der Waals surface area (Å²) in [5, 5.41) is 6.49. The molecule has 3 unspecified atom stereocenters. The number of hydrogen-bond acceptors (Lipinski definition) is 4. The lowest BCUT2D eigenvalue weighted by Crippen LogP contribution is -2.55. The van der Waals surface area contributed by atoms with E-state index >= 15 is 0 Å². The van der Waals surface area contributed by atoms with Gasteiger partial charge in [-0.3, -0.25) is 9.69 Å². The fourth-order valence-corrected chi connectivity index (χ4v) is 3.04. The van der Waals surface area contributed by atoms with Gasteiger partial charge in [0.15, 0.2) is 0 Å². The van der Waals surface area contributed by atoms with E-state index in [4.69, 9.17) is 0 Å². The van der Waals surface area contributed by atoms with Gasteiger partial charge in [-0.2, -0.15) is 0 Å². The van der Waals surface area contributed by atoms with Gasteiger partial charge < -0.3 is 15.5 Å². The number of nitrogens with one attached hydrogen (secondary N) is 2. The van der Waals surface area contributed by atoms with E-state index in [1.165, 1.54) is 0 Å². The van der Waals surface area contributed by atoms with Crippen LogP contribution in [0.5, 0.6) is 0 Å². The van der Waals surface area contributed by atoms with Crippen LogP contribution in [0.2, 0.25) is 0 Å². The fourth-order valence-electron chi connectivity index (χ4n) is 3.04. The molecule has 2 rings (SSSR count). The van der Waals surface area contributed by atoms with Crippen LogP contribution in [0.25, 0.3) is 0 Å². The van der Waals surface area contributed by atoms with Gasteiger partial charge in [0.1, 0.15) is 0 Å². The van der Waals surface area contributed by atoms with E-state index in [2.05, 4.69) is 41.5 Å². The van der Waals surface area contributed by atoms with Crippen molar-refractivity contribution >= 4 is 5.91 Å². The van der Waals surface area contributed by atoms with E-state index in [9.17, 15) is 4.79 Å². The summed E-state index contributed by atoms with van der Waals surface area (Å²) in [5.74, 6) is 0.976. The van der Waals surface area contributed by atoms with Crippen LogP contribution in [0.15, 0.2) is 0 Å². The minimum atomic E-state index is 0.148. The molecule has 0 aliphatic carbocycles. The van der Waals surface area contributed by atoms with Crippen LogP contribution in [0.4, 0.5) is 0 Å². The summed E-state index contributed by atoms with van der Waals surface area (Å²) in [6, 6.07) is 0.441. The molecule has 3 atom stereocenters. The maximum Gasteiger partial charge on any atom is 0.224 e. The number of amides is 1. The van der Waals surface area contributed by atoms with Crippen LogP contribution in [0.3, 0.4) is 0 Å². The second kappa shape index (κ2) is 6.68. The van der Waals surface area contributed by atoms with E-state index in [1.807, 2.05) is 0 Å². The standard InChI is InChI=1S/C14H28N4O/c1-11-6-12(8-15-7-11)14(19)16-9-13-10-17(2)4-5-18(13)3/h11-13,15H,4-10H2,1-3H3,(H,16,19). The topological polar surface area (TPSA) is 47.6 Å². The van der Waals surface area contributed by atoms with E-state index in [0.29, 0.717) is 12.0 Å². The number of likely N-dealkylation sites (N-methyl/N-ethyl adjacent to an activating group) is 2. The van der Waals surface area contributed by atoms with E-state index in [0.717, 1.165) is 45.7 Å². The maximum atomic E-state index is 12.2. The molecular weight excluding hydrogens is 240 g/mol. The van der Waals surface area contributed by atoms with Gasteiger partial charge in [-0.25, -0.2) is 0 Å². The summed E-state index contributed by atoms with van der Waals surface area (Å²) in [6.07, 6.45) is 1.01. The van der Waals surface area contributed by atoms with Crippen molar-refractivity contribution in [2.45, 2.75) is 19.4 Å². The third-order valence-electron chi connectivity index (χ3n) is 4.43. The Morgan fingerprint density at radius 3 is 2.84 bits per heavy atom. The Hall–Kier alpha value is -0.650. The Balaban J connectivity index is 1.76. The molecule has 0 aromatic rings. The molecule has 0 saturated carbocycles. The quantitative estimate of drug-likeness (QED) is 0.731. The number of carbonyl (C=O) groups is 1. The molecule has 2 aliphatic heterocycles. The number of rotatable bonds is 3. The molecule has 5 nitrogen and oxygen atoms in total. The average molecular weight is 268 g/mol. The third-order valence-corrected chi connectivity index (χ3v) is 4.43. The SMILES string of the molecule is CC1CNCC(C(=O)NCC2CN(C)CCN2C)C1. The summed E-state index contributed by atoms with van der Waals surface area (Å²) in [7, 11) is 4.29. The molecule has 110 valence electrons. The molecule has 5 heteroatoms. The molecular formula is C14H28N4O. The second-order valence-corrected chi connectivity index (χ2v) is 6.34. The third kappa shape index (κ3) is 4.16. The van der Waals surface area contributed by atoms with Crippen LogP contribution in [-0.4, -0.2) is 75.1 Å². The molecule has 0 spiro atoms. The van der Waals surface area contributed by atoms with Gasteiger partial charge in [0, 0.05) is 38.8 Å². The zero-order valence-electron chi connectivity index (χ0n) is 12.5. The Kier molecular flexibility index (Phi) is 5.19. The largest absolute Gasteiger partial charge is 0.354 e. The van der Waals surface area contributed by atoms with Crippen molar-refractivity contribution in [2.75, 3.05) is 53.4 Å². The summed E-state index contributed by atoms with van der Waals surface area (Å²) in [4.78, 5) is 16.9. The van der Waals surface area contributed by atoms with Crippen molar-refractivity contribution in [1.29, 1.82) is 0 Å². The highest BCUT2D eigenvalue weighted by atomic mass is 16.1. The minimum absolute atomic E-state index is 0.148. The van der Waals surface area contributed by atoms with Gasteiger partial charge >= 0.3 is 0 Å². The van der Waals surface area contributed by atoms with E-state index < -0.39 is 0 Å². The number of piperazine rings is 1. The van der Waals surface area contributed by atoms with Crippen molar-refractivity contribution < 1.29 is 4.79 Å². The molecule has 0 radical (unpaired) electrons. The molecule has 2 saturated heterocycles. The van der Waals surface area contributed by atoms with Crippen molar-refractivity contribution in [3.8, 4) is 0 Å². The first-order chi connectivity index (χ1) is 9.06. The molecule has 0 aromatic heterocycles. The summed E-state index contributed by atoms with van der Waals surface area (Å²) < 4.78 is 0.